The van der Waals surface area contributed by atoms with Crippen molar-refractivity contribution in [2.75, 3.05) is 5.32 Å². The van der Waals surface area contributed by atoms with Gasteiger partial charge in [-0.15, -0.1) is 0 Å². The van der Waals surface area contributed by atoms with Crippen molar-refractivity contribution in [2.45, 2.75) is 27.3 Å². The van der Waals surface area contributed by atoms with Gasteiger partial charge in [0.25, 0.3) is 11.6 Å². The summed E-state index contributed by atoms with van der Waals surface area (Å²) in [5.74, 6) is -11.1. The van der Waals surface area contributed by atoms with Crippen LogP contribution in [0.2, 0.25) is 0 Å². The van der Waals surface area contributed by atoms with Gasteiger partial charge in [-0.25, -0.2) is 22.0 Å². The molecule has 1 N–H and O–H groups in total. The third-order valence-corrected chi connectivity index (χ3v) is 4.98. The number of nitro benzene ring substituents is 1. The molecule has 1 heterocycles. The number of halogens is 5. The van der Waals surface area contributed by atoms with E-state index in [1.54, 1.807) is 0 Å². The summed E-state index contributed by atoms with van der Waals surface area (Å²) in [7, 11) is 0. The Morgan fingerprint density at radius 1 is 1.03 bits per heavy atom. The molecule has 12 heteroatoms. The van der Waals surface area contributed by atoms with Crippen LogP contribution in [0.25, 0.3) is 0 Å². The van der Waals surface area contributed by atoms with Crippen LogP contribution in [0.15, 0.2) is 18.2 Å². The van der Waals surface area contributed by atoms with E-state index in [0.29, 0.717) is 0 Å². The predicted octanol–water partition coefficient (Wildman–Crippen LogP) is 4.71. The Bertz CT molecular complexity index is 1240. The molecule has 1 amide bonds. The number of aryl methyl sites for hydroxylation is 1. The highest BCUT2D eigenvalue weighted by Gasteiger charge is 2.27. The van der Waals surface area contributed by atoms with Crippen molar-refractivity contribution in [3.8, 4) is 0 Å². The first kappa shape index (κ1) is 22.8. The molecule has 7 nitrogen and oxygen atoms in total. The van der Waals surface area contributed by atoms with Gasteiger partial charge in [0.15, 0.2) is 23.3 Å². The average Bonchev–Trinajstić information content (AvgIpc) is 3.01. The summed E-state index contributed by atoms with van der Waals surface area (Å²) in [5.41, 5.74) is -0.701. The van der Waals surface area contributed by atoms with E-state index in [1.165, 1.54) is 39.0 Å². The molecule has 0 spiro atoms. The van der Waals surface area contributed by atoms with Crippen LogP contribution in [0.5, 0.6) is 0 Å². The normalized spacial score (nSPS) is 11.0. The minimum Gasteiger partial charge on any atom is -0.319 e. The molecule has 0 aliphatic carbocycles. The molecule has 3 aromatic rings. The lowest BCUT2D eigenvalue weighted by Gasteiger charge is -2.11. The molecule has 0 saturated heterocycles. The SMILES string of the molecule is Cc1nn(Cc2c(F)c(F)c(F)c(F)c2F)c(C)c1NC(=O)c1cccc([N+](=O)[O-])c1C. The fourth-order valence-electron chi connectivity index (χ4n) is 3.22. The summed E-state index contributed by atoms with van der Waals surface area (Å²) in [4.78, 5) is 23.1. The minimum atomic E-state index is -2.27. The van der Waals surface area contributed by atoms with Crippen molar-refractivity contribution in [2.24, 2.45) is 0 Å². The summed E-state index contributed by atoms with van der Waals surface area (Å²) in [5, 5.41) is 17.6. The van der Waals surface area contributed by atoms with Crippen molar-refractivity contribution in [1.29, 1.82) is 0 Å². The third kappa shape index (κ3) is 3.79. The number of hydrogen-bond donors (Lipinski definition) is 1. The number of benzene rings is 2. The maximum absolute atomic E-state index is 14.0. The fourth-order valence-corrected chi connectivity index (χ4v) is 3.22. The number of nitro groups is 1. The molecule has 2 aromatic carbocycles. The summed E-state index contributed by atoms with van der Waals surface area (Å²) in [6, 6.07) is 3.96. The molecule has 1 aromatic heterocycles. The standard InChI is InChI=1S/C20H15F5N4O3/c1-8-11(5-4-6-13(8)29(31)32)20(30)26-19-9(2)27-28(10(19)3)7-12-14(21)16(23)18(25)17(24)15(12)22/h4-6H,7H2,1-3H3,(H,26,30). The summed E-state index contributed by atoms with van der Waals surface area (Å²) in [6.07, 6.45) is 0. The van der Waals surface area contributed by atoms with Gasteiger partial charge >= 0.3 is 0 Å². The number of nitrogens with one attached hydrogen (secondary N) is 1. The number of carbonyl (C=O) groups excluding carboxylic acids is 1. The van der Waals surface area contributed by atoms with E-state index >= 15 is 0 Å². The van der Waals surface area contributed by atoms with E-state index in [9.17, 15) is 36.9 Å². The highest BCUT2D eigenvalue weighted by atomic mass is 19.2. The molecule has 0 aliphatic heterocycles. The van der Waals surface area contributed by atoms with Crippen LogP contribution in [0.1, 0.15) is 32.9 Å². The van der Waals surface area contributed by atoms with Gasteiger partial charge in [0.1, 0.15) is 0 Å². The van der Waals surface area contributed by atoms with E-state index in [4.69, 9.17) is 0 Å². The Morgan fingerprint density at radius 3 is 2.16 bits per heavy atom. The Kier molecular flexibility index (Phi) is 5.97. The van der Waals surface area contributed by atoms with Crippen LogP contribution in [-0.4, -0.2) is 20.6 Å². The zero-order valence-electron chi connectivity index (χ0n) is 16.9. The lowest BCUT2D eigenvalue weighted by Crippen LogP contribution is -2.16. The second kappa shape index (κ2) is 8.36. The Labute approximate surface area is 177 Å². The molecule has 0 aliphatic rings. The minimum absolute atomic E-state index is 0.0190. The molecular formula is C20H15F5N4O3. The Balaban J connectivity index is 1.96. The van der Waals surface area contributed by atoms with Gasteiger partial charge in [-0.05, 0) is 26.8 Å². The highest BCUT2D eigenvalue weighted by Crippen LogP contribution is 2.27. The van der Waals surface area contributed by atoms with Crippen LogP contribution >= 0.6 is 0 Å². The number of anilines is 1. The fraction of sp³-hybridized carbons (Fsp3) is 0.200. The molecule has 0 radical (unpaired) electrons. The molecule has 168 valence electrons. The van der Waals surface area contributed by atoms with Crippen molar-refractivity contribution in [3.05, 3.63) is 85.5 Å². The van der Waals surface area contributed by atoms with Gasteiger partial charge in [-0.1, -0.05) is 6.07 Å². The van der Waals surface area contributed by atoms with Crippen LogP contribution in [0.3, 0.4) is 0 Å². The van der Waals surface area contributed by atoms with Crippen LogP contribution in [0, 0.1) is 60.0 Å². The average molecular weight is 454 g/mol. The largest absolute Gasteiger partial charge is 0.319 e. The summed E-state index contributed by atoms with van der Waals surface area (Å²) < 4.78 is 69.2. The van der Waals surface area contributed by atoms with Crippen molar-refractivity contribution < 1.29 is 31.7 Å². The second-order valence-electron chi connectivity index (χ2n) is 6.91. The van der Waals surface area contributed by atoms with Crippen LogP contribution < -0.4 is 5.32 Å². The smallest absolute Gasteiger partial charge is 0.273 e. The van der Waals surface area contributed by atoms with Gasteiger partial charge in [0, 0.05) is 17.2 Å². The maximum atomic E-state index is 14.0. The lowest BCUT2D eigenvalue weighted by atomic mass is 10.1. The first-order chi connectivity index (χ1) is 15.0. The number of carbonyl (C=O) groups is 1. The number of amides is 1. The first-order valence-electron chi connectivity index (χ1n) is 9.05. The number of aromatic nitrogens is 2. The van der Waals surface area contributed by atoms with Crippen molar-refractivity contribution in [3.63, 3.8) is 0 Å². The molecular weight excluding hydrogens is 439 g/mol. The van der Waals surface area contributed by atoms with Gasteiger partial charge < -0.3 is 5.32 Å². The predicted molar refractivity (Wildman–Crippen MR) is 103 cm³/mol. The molecule has 0 saturated carbocycles. The zero-order valence-corrected chi connectivity index (χ0v) is 16.9. The molecule has 0 atom stereocenters. The number of rotatable bonds is 5. The van der Waals surface area contributed by atoms with Gasteiger partial charge in [0.05, 0.1) is 34.1 Å². The Hall–Kier alpha value is -3.83. The third-order valence-electron chi connectivity index (χ3n) is 4.98. The van der Waals surface area contributed by atoms with E-state index in [2.05, 4.69) is 10.4 Å². The molecule has 3 rings (SSSR count). The number of hydrogen-bond acceptors (Lipinski definition) is 4. The van der Waals surface area contributed by atoms with E-state index in [0.717, 1.165) is 4.68 Å². The summed E-state index contributed by atoms with van der Waals surface area (Å²) in [6.45, 7) is 3.49. The van der Waals surface area contributed by atoms with Gasteiger partial charge in [-0.3, -0.25) is 19.6 Å². The zero-order chi connectivity index (χ0) is 23.9. The molecule has 0 fully saturated rings. The molecule has 32 heavy (non-hydrogen) atoms. The van der Waals surface area contributed by atoms with Crippen LogP contribution in [-0.2, 0) is 6.54 Å². The van der Waals surface area contributed by atoms with E-state index in [1.807, 2.05) is 0 Å². The van der Waals surface area contributed by atoms with Crippen molar-refractivity contribution in [1.82, 2.24) is 9.78 Å². The number of nitrogens with zero attached hydrogens (tertiary/aromatic N) is 3. The second-order valence-corrected chi connectivity index (χ2v) is 6.91. The lowest BCUT2D eigenvalue weighted by molar-refractivity contribution is -0.385. The van der Waals surface area contributed by atoms with Crippen molar-refractivity contribution >= 4 is 17.3 Å². The quantitative estimate of drug-likeness (QED) is 0.199. The van der Waals surface area contributed by atoms with E-state index in [-0.39, 0.29) is 33.9 Å². The molecule has 0 unspecified atom stereocenters. The van der Waals surface area contributed by atoms with Gasteiger partial charge in [-0.2, -0.15) is 5.10 Å². The maximum Gasteiger partial charge on any atom is 0.273 e. The monoisotopic (exact) mass is 454 g/mol. The first-order valence-corrected chi connectivity index (χ1v) is 9.05. The van der Waals surface area contributed by atoms with E-state index < -0.39 is 52.0 Å². The van der Waals surface area contributed by atoms with Crippen LogP contribution in [0.4, 0.5) is 33.3 Å². The topological polar surface area (TPSA) is 90.1 Å². The van der Waals surface area contributed by atoms with Gasteiger partial charge in [0.2, 0.25) is 5.82 Å². The molecule has 0 bridgehead atoms. The Morgan fingerprint density at radius 2 is 1.59 bits per heavy atom. The highest BCUT2D eigenvalue weighted by molar-refractivity contribution is 6.06. The summed E-state index contributed by atoms with van der Waals surface area (Å²) >= 11 is 0.